The minimum absolute atomic E-state index is 0.0130. The molecule has 2 unspecified atom stereocenters. The van der Waals surface area contributed by atoms with Gasteiger partial charge in [-0.2, -0.15) is 0 Å². The zero-order chi connectivity index (χ0) is 27.5. The van der Waals surface area contributed by atoms with E-state index in [1.54, 1.807) is 25.4 Å². The molecule has 1 aliphatic carbocycles. The summed E-state index contributed by atoms with van der Waals surface area (Å²) in [5, 5.41) is 11.6. The summed E-state index contributed by atoms with van der Waals surface area (Å²) in [4.78, 5) is 36.8. The minimum Gasteiger partial charge on any atom is -0.494 e. The molecule has 204 valence electrons. The summed E-state index contributed by atoms with van der Waals surface area (Å²) in [5.41, 5.74) is 7.83. The molecule has 3 N–H and O–H groups in total. The van der Waals surface area contributed by atoms with Gasteiger partial charge in [-0.15, -0.1) is 0 Å². The lowest BCUT2D eigenvalue weighted by Gasteiger charge is -2.40. The van der Waals surface area contributed by atoms with Gasteiger partial charge in [0.1, 0.15) is 22.6 Å². The van der Waals surface area contributed by atoms with E-state index in [2.05, 4.69) is 15.6 Å². The molecule has 0 radical (unpaired) electrons. The number of pyridine rings is 1. The number of hydrogen-bond donors (Lipinski definition) is 2. The summed E-state index contributed by atoms with van der Waals surface area (Å²) in [6.45, 7) is 0.854. The zero-order valence-corrected chi connectivity index (χ0v) is 22.3. The predicted molar refractivity (Wildman–Crippen MR) is 144 cm³/mol. The van der Waals surface area contributed by atoms with E-state index >= 15 is 0 Å². The van der Waals surface area contributed by atoms with Gasteiger partial charge >= 0.3 is 5.97 Å². The van der Waals surface area contributed by atoms with Crippen LogP contribution >= 0.6 is 0 Å². The topological polar surface area (TPSA) is 138 Å². The number of carbonyl (C=O) groups excluding carboxylic acids is 2. The molecular formula is C28H32N6O5. The van der Waals surface area contributed by atoms with Gasteiger partial charge in [-0.3, -0.25) is 9.59 Å². The highest BCUT2D eigenvalue weighted by Crippen LogP contribution is 2.37. The molecule has 1 saturated carbocycles. The van der Waals surface area contributed by atoms with Gasteiger partial charge in [-0.1, -0.05) is 0 Å². The molecule has 4 heterocycles. The number of nitrogens with two attached hydrogens (primary N) is 1. The molecule has 2 atom stereocenters. The van der Waals surface area contributed by atoms with Gasteiger partial charge in [0.25, 0.3) is 5.91 Å². The number of likely N-dealkylation sites (tertiary alicyclic amines) is 1. The van der Waals surface area contributed by atoms with Crippen molar-refractivity contribution in [3.8, 4) is 17.3 Å². The first-order valence-corrected chi connectivity index (χ1v) is 13.1. The molecular weight excluding hydrogens is 500 g/mol. The Labute approximate surface area is 225 Å². The van der Waals surface area contributed by atoms with Crippen LogP contribution in [0.3, 0.4) is 0 Å². The van der Waals surface area contributed by atoms with E-state index in [1.807, 2.05) is 23.7 Å². The lowest BCUT2D eigenvalue weighted by atomic mass is 9.91. The Morgan fingerprint density at radius 2 is 2.03 bits per heavy atom. The fourth-order valence-corrected chi connectivity index (χ4v) is 5.71. The number of aliphatic hydroxyl groups is 1. The van der Waals surface area contributed by atoms with E-state index < -0.39 is 17.6 Å². The largest absolute Gasteiger partial charge is 0.494 e. The second kappa shape index (κ2) is 9.35. The summed E-state index contributed by atoms with van der Waals surface area (Å²) in [5.74, 6) is 0.240. The van der Waals surface area contributed by atoms with Crippen LogP contribution in [0.2, 0.25) is 0 Å². The summed E-state index contributed by atoms with van der Waals surface area (Å²) in [6.07, 6.45) is 4.23. The molecule has 1 saturated heterocycles. The Balaban J connectivity index is 1.42. The lowest BCUT2D eigenvalue weighted by Crippen LogP contribution is -2.59. The van der Waals surface area contributed by atoms with Gasteiger partial charge in [-0.05, 0) is 49.1 Å². The van der Waals surface area contributed by atoms with Crippen molar-refractivity contribution in [1.29, 1.82) is 0 Å². The number of amides is 1. The van der Waals surface area contributed by atoms with Crippen LogP contribution in [-0.2, 0) is 23.1 Å². The van der Waals surface area contributed by atoms with Gasteiger partial charge in [0.2, 0.25) is 0 Å². The molecule has 0 bridgehead atoms. The maximum Gasteiger partial charge on any atom is 0.310 e. The van der Waals surface area contributed by atoms with Gasteiger partial charge in [0, 0.05) is 43.7 Å². The van der Waals surface area contributed by atoms with Crippen molar-refractivity contribution in [2.24, 2.45) is 24.6 Å². The SMILES string of the molecule is COC(=O)C1CN(C(=O)c2cc(OC)c3c(c2)nc(-c2cc4cccnc4n2CC2CC2)n3C)CC(N)(O)C1. The van der Waals surface area contributed by atoms with Crippen molar-refractivity contribution in [2.75, 3.05) is 27.3 Å². The number of hydrogen-bond acceptors (Lipinski definition) is 8. The average molecular weight is 533 g/mol. The molecule has 11 heteroatoms. The Kier molecular flexibility index (Phi) is 6.07. The zero-order valence-electron chi connectivity index (χ0n) is 22.3. The first-order valence-electron chi connectivity index (χ1n) is 13.1. The van der Waals surface area contributed by atoms with E-state index in [4.69, 9.17) is 20.2 Å². The number of ether oxygens (including phenoxy) is 2. The van der Waals surface area contributed by atoms with Crippen LogP contribution in [0.4, 0.5) is 0 Å². The molecule has 1 aliphatic heterocycles. The minimum atomic E-state index is -1.71. The number of imidazole rings is 1. The van der Waals surface area contributed by atoms with Gasteiger partial charge in [-0.25, -0.2) is 9.97 Å². The van der Waals surface area contributed by atoms with Crippen LogP contribution in [0, 0.1) is 11.8 Å². The van der Waals surface area contributed by atoms with Crippen molar-refractivity contribution in [3.63, 3.8) is 0 Å². The second-order valence-electron chi connectivity index (χ2n) is 10.8. The third-order valence-electron chi connectivity index (χ3n) is 7.75. The van der Waals surface area contributed by atoms with E-state index in [1.165, 1.54) is 24.9 Å². The molecule has 1 amide bonds. The number of esters is 1. The van der Waals surface area contributed by atoms with Crippen LogP contribution < -0.4 is 10.5 Å². The number of fused-ring (bicyclic) bond motifs is 2. The van der Waals surface area contributed by atoms with Crippen molar-refractivity contribution < 1.29 is 24.2 Å². The number of β-amino-alcohol motifs (C(OH)–C–C–N with tert-alkyl or cyclic N) is 1. The highest BCUT2D eigenvalue weighted by Gasteiger charge is 2.41. The third kappa shape index (κ3) is 4.51. The van der Waals surface area contributed by atoms with E-state index in [9.17, 15) is 14.7 Å². The Hall–Kier alpha value is -3.96. The molecule has 11 nitrogen and oxygen atoms in total. The highest BCUT2D eigenvalue weighted by molar-refractivity contribution is 6.00. The smallest absolute Gasteiger partial charge is 0.310 e. The lowest BCUT2D eigenvalue weighted by molar-refractivity contribution is -0.151. The van der Waals surface area contributed by atoms with Crippen molar-refractivity contribution in [1.82, 2.24) is 24.0 Å². The number of carbonyl (C=O) groups is 2. The standard InChI is InChI=1S/C28H32N6O5/c1-32-23-20(31-25(32)21-10-17-5-4-8-30-24(17)34(21)13-16-6-7-16)9-18(11-22(23)38-2)26(35)33-14-19(27(36)39-3)12-28(29,37)15-33/h4-5,8-11,16,19,37H,6-7,12-15,29H2,1-3H3. The summed E-state index contributed by atoms with van der Waals surface area (Å²) >= 11 is 0. The van der Waals surface area contributed by atoms with Gasteiger partial charge < -0.3 is 34.3 Å². The van der Waals surface area contributed by atoms with Crippen LogP contribution in [0.1, 0.15) is 29.6 Å². The first kappa shape index (κ1) is 25.3. The maximum atomic E-state index is 13.6. The number of aryl methyl sites for hydroxylation is 1. The summed E-state index contributed by atoms with van der Waals surface area (Å²) in [7, 11) is 4.76. The molecule has 2 aliphatic rings. The van der Waals surface area contributed by atoms with E-state index in [-0.39, 0.29) is 25.4 Å². The van der Waals surface area contributed by atoms with Crippen LogP contribution in [0.25, 0.3) is 33.6 Å². The average Bonchev–Trinajstić information content (AvgIpc) is 3.59. The number of nitrogens with zero attached hydrogens (tertiary/aromatic N) is 5. The van der Waals surface area contributed by atoms with Crippen molar-refractivity contribution in [3.05, 3.63) is 42.1 Å². The van der Waals surface area contributed by atoms with Crippen LogP contribution in [0.15, 0.2) is 36.5 Å². The van der Waals surface area contributed by atoms with Crippen molar-refractivity contribution in [2.45, 2.75) is 31.5 Å². The molecule has 1 aromatic carbocycles. The molecule has 4 aromatic rings. The molecule has 39 heavy (non-hydrogen) atoms. The Bertz CT molecular complexity index is 1600. The normalized spacial score (nSPS) is 21.5. The molecule has 2 fully saturated rings. The van der Waals surface area contributed by atoms with E-state index in [0.717, 1.165) is 34.6 Å². The van der Waals surface area contributed by atoms with Crippen LogP contribution in [0.5, 0.6) is 5.75 Å². The summed E-state index contributed by atoms with van der Waals surface area (Å²) in [6, 6.07) is 9.46. The number of benzene rings is 1. The number of piperidine rings is 1. The monoisotopic (exact) mass is 532 g/mol. The quantitative estimate of drug-likeness (QED) is 0.285. The fourth-order valence-electron chi connectivity index (χ4n) is 5.71. The highest BCUT2D eigenvalue weighted by atomic mass is 16.5. The molecule has 3 aromatic heterocycles. The van der Waals surface area contributed by atoms with E-state index in [0.29, 0.717) is 22.7 Å². The summed E-state index contributed by atoms with van der Waals surface area (Å²) < 4.78 is 14.8. The fraction of sp³-hybridized carbons (Fsp3) is 0.429. The van der Waals surface area contributed by atoms with Gasteiger partial charge in [0.05, 0.1) is 37.9 Å². The Morgan fingerprint density at radius 1 is 1.23 bits per heavy atom. The molecule has 6 rings (SSSR count). The third-order valence-corrected chi connectivity index (χ3v) is 7.75. The maximum absolute atomic E-state index is 13.6. The Morgan fingerprint density at radius 3 is 2.74 bits per heavy atom. The second-order valence-corrected chi connectivity index (χ2v) is 10.8. The number of methoxy groups -OCH3 is 2. The predicted octanol–water partition coefficient (Wildman–Crippen LogP) is 2.29. The number of aromatic nitrogens is 4. The number of rotatable bonds is 6. The van der Waals surface area contributed by atoms with Gasteiger partial charge in [0.15, 0.2) is 5.82 Å². The van der Waals surface area contributed by atoms with Crippen molar-refractivity contribution >= 4 is 33.9 Å². The molecule has 0 spiro atoms. The van der Waals surface area contributed by atoms with Crippen LogP contribution in [-0.4, -0.2) is 74.0 Å². The first-order chi connectivity index (χ1) is 18.7.